The van der Waals surface area contributed by atoms with Crippen LogP contribution in [-0.4, -0.2) is 62.2 Å². The Hall–Kier alpha value is -3.04. The zero-order valence-corrected chi connectivity index (χ0v) is 17.5. The van der Waals surface area contributed by atoms with Crippen molar-refractivity contribution in [3.63, 3.8) is 0 Å². The van der Waals surface area contributed by atoms with Gasteiger partial charge < -0.3 is 15.2 Å². The molecule has 0 radical (unpaired) electrons. The summed E-state index contributed by atoms with van der Waals surface area (Å²) < 4.78 is 2.02. The minimum Gasteiger partial charge on any atom is -0.338 e. The van der Waals surface area contributed by atoms with Gasteiger partial charge in [-0.15, -0.1) is 0 Å². The van der Waals surface area contributed by atoms with E-state index in [1.54, 1.807) is 11.1 Å². The highest BCUT2D eigenvalue weighted by molar-refractivity contribution is 6.05. The molecule has 0 saturated carbocycles. The maximum Gasteiger partial charge on any atom is 0.255 e. The first kappa shape index (κ1) is 19.9. The number of benzene rings is 1. The number of piperidine rings is 1. The number of nitrogens with one attached hydrogen (secondary N) is 1. The Kier molecular flexibility index (Phi) is 4.86. The van der Waals surface area contributed by atoms with Crippen LogP contribution in [0.5, 0.6) is 0 Å². The van der Waals surface area contributed by atoms with Crippen LogP contribution in [0.25, 0.3) is 0 Å². The van der Waals surface area contributed by atoms with Crippen LogP contribution >= 0.6 is 0 Å². The van der Waals surface area contributed by atoms with Crippen molar-refractivity contribution in [1.82, 2.24) is 24.7 Å². The lowest BCUT2D eigenvalue weighted by atomic mass is 10.0. The minimum atomic E-state index is -0.599. The molecule has 3 aliphatic heterocycles. The maximum absolute atomic E-state index is 13.0. The van der Waals surface area contributed by atoms with E-state index in [1.165, 1.54) is 0 Å². The number of hydrogen-bond acceptors (Lipinski definition) is 6. The molecule has 0 bridgehead atoms. The lowest BCUT2D eigenvalue weighted by molar-refractivity contribution is -0.136. The predicted molar refractivity (Wildman–Crippen MR) is 112 cm³/mol. The van der Waals surface area contributed by atoms with Crippen LogP contribution in [0.2, 0.25) is 0 Å². The topological polar surface area (TPSA) is 114 Å². The third kappa shape index (κ3) is 3.43. The Balaban J connectivity index is 1.34. The quantitative estimate of drug-likeness (QED) is 0.676. The molecule has 3 atom stereocenters. The number of rotatable bonds is 4. The van der Waals surface area contributed by atoms with Crippen LogP contribution in [0.15, 0.2) is 30.6 Å². The Morgan fingerprint density at radius 2 is 2.06 bits per heavy atom. The van der Waals surface area contributed by atoms with Crippen molar-refractivity contribution in [2.45, 2.75) is 43.9 Å². The Labute approximate surface area is 180 Å². The Morgan fingerprint density at radius 1 is 1.23 bits per heavy atom. The average Bonchev–Trinajstić information content (AvgIpc) is 3.40. The molecular weight excluding hydrogens is 396 g/mol. The van der Waals surface area contributed by atoms with Gasteiger partial charge in [-0.2, -0.15) is 0 Å². The highest BCUT2D eigenvalue weighted by atomic mass is 16.2. The molecule has 3 N–H and O–H groups in total. The molecule has 2 fully saturated rings. The molecule has 2 aromatic rings. The molecule has 1 aromatic carbocycles. The molecule has 31 heavy (non-hydrogen) atoms. The fourth-order valence-corrected chi connectivity index (χ4v) is 5.09. The van der Waals surface area contributed by atoms with Gasteiger partial charge in [0.1, 0.15) is 11.9 Å². The van der Waals surface area contributed by atoms with E-state index >= 15 is 0 Å². The first-order valence-corrected chi connectivity index (χ1v) is 10.6. The van der Waals surface area contributed by atoms with E-state index in [0.717, 1.165) is 30.0 Å². The van der Waals surface area contributed by atoms with Crippen molar-refractivity contribution >= 4 is 17.7 Å². The van der Waals surface area contributed by atoms with Crippen LogP contribution in [0, 0.1) is 0 Å². The molecule has 2 saturated heterocycles. The molecule has 1 aromatic heterocycles. The standard InChI is InChI=1S/C22H26N6O3/c1-26-8-7-24-20(26)16-10-27(12-17(16)23)9-13-3-2-4-14-15(13)11-28(22(14)31)18-5-6-19(29)25-21(18)30/h2-4,7-8,16-18H,5-6,9-12,23H2,1H3,(H,25,29,30)/t16-,17-,18?/m1/s1. The van der Waals surface area contributed by atoms with Gasteiger partial charge in [-0.25, -0.2) is 4.98 Å². The summed E-state index contributed by atoms with van der Waals surface area (Å²) in [6, 6.07) is 5.16. The molecule has 162 valence electrons. The second-order valence-electron chi connectivity index (χ2n) is 8.70. The highest BCUT2D eigenvalue weighted by Gasteiger charge is 2.40. The van der Waals surface area contributed by atoms with Gasteiger partial charge in [0, 0.05) is 69.6 Å². The Morgan fingerprint density at radius 3 is 2.81 bits per heavy atom. The van der Waals surface area contributed by atoms with E-state index in [-0.39, 0.29) is 36.1 Å². The predicted octanol–water partition coefficient (Wildman–Crippen LogP) is 0.108. The number of carbonyl (C=O) groups excluding carboxylic acids is 3. The summed E-state index contributed by atoms with van der Waals surface area (Å²) in [5.41, 5.74) is 9.12. The Bertz CT molecular complexity index is 1060. The highest BCUT2D eigenvalue weighted by Crippen LogP contribution is 2.32. The number of imide groups is 1. The summed E-state index contributed by atoms with van der Waals surface area (Å²) in [6.07, 6.45) is 4.35. The summed E-state index contributed by atoms with van der Waals surface area (Å²) in [7, 11) is 1.98. The molecular formula is C22H26N6O3. The van der Waals surface area contributed by atoms with E-state index in [1.807, 2.05) is 36.0 Å². The molecule has 3 amide bonds. The van der Waals surface area contributed by atoms with Gasteiger partial charge in [-0.05, 0) is 23.6 Å². The van der Waals surface area contributed by atoms with Crippen molar-refractivity contribution < 1.29 is 14.4 Å². The third-order valence-corrected chi connectivity index (χ3v) is 6.70. The van der Waals surface area contributed by atoms with Crippen molar-refractivity contribution in [2.75, 3.05) is 13.1 Å². The number of likely N-dealkylation sites (tertiary alicyclic amines) is 1. The second-order valence-corrected chi connectivity index (χ2v) is 8.70. The van der Waals surface area contributed by atoms with Crippen LogP contribution in [0.3, 0.4) is 0 Å². The number of hydrogen-bond donors (Lipinski definition) is 2. The molecule has 0 aliphatic carbocycles. The zero-order valence-electron chi connectivity index (χ0n) is 17.5. The molecule has 1 unspecified atom stereocenters. The van der Waals surface area contributed by atoms with E-state index in [9.17, 15) is 14.4 Å². The largest absolute Gasteiger partial charge is 0.338 e. The maximum atomic E-state index is 13.0. The first-order chi connectivity index (χ1) is 14.9. The van der Waals surface area contributed by atoms with Gasteiger partial charge in [0.2, 0.25) is 11.8 Å². The fraction of sp³-hybridized carbons (Fsp3) is 0.455. The van der Waals surface area contributed by atoms with Crippen LogP contribution in [-0.2, 0) is 29.7 Å². The number of fused-ring (bicyclic) bond motifs is 1. The summed E-state index contributed by atoms with van der Waals surface area (Å²) in [5, 5.41) is 2.35. The number of carbonyl (C=O) groups is 3. The average molecular weight is 422 g/mol. The third-order valence-electron chi connectivity index (χ3n) is 6.70. The smallest absolute Gasteiger partial charge is 0.255 e. The van der Waals surface area contributed by atoms with E-state index in [0.29, 0.717) is 25.1 Å². The zero-order chi connectivity index (χ0) is 21.7. The lowest BCUT2D eigenvalue weighted by Gasteiger charge is -2.29. The van der Waals surface area contributed by atoms with E-state index < -0.39 is 6.04 Å². The van der Waals surface area contributed by atoms with Gasteiger partial charge in [0.15, 0.2) is 0 Å². The van der Waals surface area contributed by atoms with Crippen LogP contribution in [0.1, 0.15) is 46.1 Å². The number of nitrogens with zero attached hydrogens (tertiary/aromatic N) is 4. The second kappa shape index (κ2) is 7.58. The van der Waals surface area contributed by atoms with Gasteiger partial charge >= 0.3 is 0 Å². The van der Waals surface area contributed by atoms with Crippen LogP contribution in [0.4, 0.5) is 0 Å². The van der Waals surface area contributed by atoms with Crippen molar-refractivity contribution in [3.05, 3.63) is 53.1 Å². The SMILES string of the molecule is Cn1ccnc1[C@@H]1CN(Cc2cccc3c2CN(C2CCC(=O)NC2=O)C3=O)C[C@H]1N. The van der Waals surface area contributed by atoms with Crippen molar-refractivity contribution in [2.24, 2.45) is 12.8 Å². The van der Waals surface area contributed by atoms with Crippen molar-refractivity contribution in [3.8, 4) is 0 Å². The molecule has 9 nitrogen and oxygen atoms in total. The number of aryl methyl sites for hydroxylation is 1. The number of amides is 3. The molecule has 0 spiro atoms. The van der Waals surface area contributed by atoms with Gasteiger partial charge in [0.05, 0.1) is 0 Å². The molecule has 3 aliphatic rings. The fourth-order valence-electron chi connectivity index (χ4n) is 5.09. The van der Waals surface area contributed by atoms with E-state index in [4.69, 9.17) is 5.73 Å². The van der Waals surface area contributed by atoms with Gasteiger partial charge in [0.25, 0.3) is 5.91 Å². The summed E-state index contributed by atoms with van der Waals surface area (Å²) >= 11 is 0. The molecule has 9 heteroatoms. The summed E-state index contributed by atoms with van der Waals surface area (Å²) in [5.74, 6) is 0.349. The number of nitrogens with two attached hydrogens (primary N) is 1. The van der Waals surface area contributed by atoms with E-state index in [2.05, 4.69) is 15.2 Å². The van der Waals surface area contributed by atoms with Crippen molar-refractivity contribution in [1.29, 1.82) is 0 Å². The monoisotopic (exact) mass is 422 g/mol. The number of imidazole rings is 1. The molecule has 5 rings (SSSR count). The summed E-state index contributed by atoms with van der Waals surface area (Å²) in [6.45, 7) is 2.64. The van der Waals surface area contributed by atoms with Crippen LogP contribution < -0.4 is 11.1 Å². The summed E-state index contributed by atoms with van der Waals surface area (Å²) in [4.78, 5) is 45.2. The first-order valence-electron chi connectivity index (χ1n) is 10.6. The minimum absolute atomic E-state index is 0.000497. The normalized spacial score (nSPS) is 26.5. The lowest BCUT2D eigenvalue weighted by Crippen LogP contribution is -2.52. The van der Waals surface area contributed by atoms with Gasteiger partial charge in [-0.3, -0.25) is 24.6 Å². The molecule has 4 heterocycles. The van der Waals surface area contributed by atoms with Gasteiger partial charge in [-0.1, -0.05) is 12.1 Å². The number of aromatic nitrogens is 2.